The summed E-state index contributed by atoms with van der Waals surface area (Å²) in [5.41, 5.74) is 3.27. The van der Waals surface area contributed by atoms with Crippen molar-refractivity contribution in [2.75, 3.05) is 20.3 Å². The van der Waals surface area contributed by atoms with Gasteiger partial charge in [-0.05, 0) is 48.6 Å². The Balaban J connectivity index is 1.78. The normalized spacial score (nSPS) is 19.3. The number of hydrogen-bond acceptors (Lipinski definition) is 3. The molecule has 1 aromatic carbocycles. The molecule has 0 bridgehead atoms. The second kappa shape index (κ2) is 7.90. The van der Waals surface area contributed by atoms with Crippen LogP contribution in [0.5, 0.6) is 0 Å². The van der Waals surface area contributed by atoms with Crippen LogP contribution in [0, 0.1) is 0 Å². The van der Waals surface area contributed by atoms with Crippen molar-refractivity contribution in [2.45, 2.75) is 12.1 Å². The third-order valence-electron chi connectivity index (χ3n) is 4.85. The van der Waals surface area contributed by atoms with Gasteiger partial charge in [0, 0.05) is 37.4 Å². The SMILES string of the molecule is COCCN1C(=S)NC(c2ccccn2)C1c1cccn1-c1ccccc1. The fraction of sp³-hybridized carbons (Fsp3) is 0.238. The fourth-order valence-corrected chi connectivity index (χ4v) is 3.95. The van der Waals surface area contributed by atoms with E-state index in [1.165, 1.54) is 5.69 Å². The maximum absolute atomic E-state index is 5.66. The second-order valence-corrected chi connectivity index (χ2v) is 6.84. The summed E-state index contributed by atoms with van der Waals surface area (Å²) in [4.78, 5) is 6.78. The first-order valence-corrected chi connectivity index (χ1v) is 9.40. The minimum absolute atomic E-state index is 0.0204. The molecule has 138 valence electrons. The predicted molar refractivity (Wildman–Crippen MR) is 110 cm³/mol. The van der Waals surface area contributed by atoms with Crippen molar-refractivity contribution in [2.24, 2.45) is 0 Å². The number of methoxy groups -OCH3 is 1. The van der Waals surface area contributed by atoms with E-state index in [1.54, 1.807) is 7.11 Å². The van der Waals surface area contributed by atoms with E-state index < -0.39 is 0 Å². The van der Waals surface area contributed by atoms with E-state index in [9.17, 15) is 0 Å². The van der Waals surface area contributed by atoms with E-state index in [2.05, 4.69) is 62.4 Å². The zero-order chi connectivity index (χ0) is 18.6. The number of para-hydroxylation sites is 1. The number of nitrogens with one attached hydrogen (secondary N) is 1. The molecule has 27 heavy (non-hydrogen) atoms. The van der Waals surface area contributed by atoms with E-state index in [0.29, 0.717) is 6.61 Å². The van der Waals surface area contributed by atoms with Crippen LogP contribution in [-0.4, -0.2) is 39.8 Å². The maximum Gasteiger partial charge on any atom is 0.170 e. The first-order valence-electron chi connectivity index (χ1n) is 8.99. The predicted octanol–water partition coefficient (Wildman–Crippen LogP) is 3.49. The van der Waals surface area contributed by atoms with Crippen molar-refractivity contribution in [3.8, 4) is 5.69 Å². The summed E-state index contributed by atoms with van der Waals surface area (Å²) in [5.74, 6) is 0. The Hall–Kier alpha value is -2.70. The second-order valence-electron chi connectivity index (χ2n) is 6.45. The molecule has 4 rings (SSSR count). The van der Waals surface area contributed by atoms with Crippen molar-refractivity contribution in [1.29, 1.82) is 0 Å². The molecule has 2 atom stereocenters. The lowest BCUT2D eigenvalue weighted by Gasteiger charge is -2.28. The summed E-state index contributed by atoms with van der Waals surface area (Å²) in [6.07, 6.45) is 3.92. The van der Waals surface area contributed by atoms with Crippen LogP contribution in [-0.2, 0) is 4.74 Å². The van der Waals surface area contributed by atoms with Crippen molar-refractivity contribution in [1.82, 2.24) is 19.8 Å². The lowest BCUT2D eigenvalue weighted by Crippen LogP contribution is -2.33. The molecule has 6 heteroatoms. The van der Waals surface area contributed by atoms with Gasteiger partial charge >= 0.3 is 0 Å². The summed E-state index contributed by atoms with van der Waals surface area (Å²) < 4.78 is 7.54. The molecule has 1 aliphatic heterocycles. The molecule has 0 amide bonds. The number of ether oxygens (including phenoxy) is 1. The zero-order valence-corrected chi connectivity index (χ0v) is 16.0. The highest BCUT2D eigenvalue weighted by Gasteiger charge is 2.40. The Bertz CT molecular complexity index is 897. The Morgan fingerprint density at radius 1 is 1.07 bits per heavy atom. The van der Waals surface area contributed by atoms with Gasteiger partial charge in [-0.25, -0.2) is 0 Å². The van der Waals surface area contributed by atoms with Crippen LogP contribution < -0.4 is 5.32 Å². The van der Waals surface area contributed by atoms with E-state index in [-0.39, 0.29) is 12.1 Å². The number of aromatic nitrogens is 2. The van der Waals surface area contributed by atoms with Gasteiger partial charge in [0.05, 0.1) is 24.4 Å². The summed E-state index contributed by atoms with van der Waals surface area (Å²) in [7, 11) is 1.71. The summed E-state index contributed by atoms with van der Waals surface area (Å²) in [5, 5.41) is 4.20. The molecule has 0 aliphatic carbocycles. The fourth-order valence-electron chi connectivity index (χ4n) is 3.62. The van der Waals surface area contributed by atoms with Gasteiger partial charge in [0.2, 0.25) is 0 Å². The smallest absolute Gasteiger partial charge is 0.170 e. The average Bonchev–Trinajstić information content (AvgIpc) is 3.32. The van der Waals surface area contributed by atoms with Gasteiger partial charge < -0.3 is 19.5 Å². The molecular weight excluding hydrogens is 356 g/mol. The van der Waals surface area contributed by atoms with Gasteiger partial charge in [-0.1, -0.05) is 24.3 Å². The lowest BCUT2D eigenvalue weighted by atomic mass is 10.0. The van der Waals surface area contributed by atoms with E-state index in [4.69, 9.17) is 17.0 Å². The third kappa shape index (κ3) is 3.46. The molecule has 1 saturated heterocycles. The number of thiocarbonyl (C=S) groups is 1. The van der Waals surface area contributed by atoms with Crippen LogP contribution in [0.4, 0.5) is 0 Å². The Morgan fingerprint density at radius 2 is 1.89 bits per heavy atom. The molecule has 1 N–H and O–H groups in total. The van der Waals surface area contributed by atoms with Crippen LogP contribution in [0.1, 0.15) is 23.5 Å². The average molecular weight is 379 g/mol. The zero-order valence-electron chi connectivity index (χ0n) is 15.2. The Kier molecular flexibility index (Phi) is 5.18. The topological polar surface area (TPSA) is 42.3 Å². The third-order valence-corrected chi connectivity index (χ3v) is 5.20. The molecule has 2 unspecified atom stereocenters. The molecule has 1 fully saturated rings. The highest BCUT2D eigenvalue weighted by atomic mass is 32.1. The van der Waals surface area contributed by atoms with Crippen molar-refractivity contribution >= 4 is 17.3 Å². The molecular formula is C21H22N4OS. The monoisotopic (exact) mass is 378 g/mol. The van der Waals surface area contributed by atoms with Crippen LogP contribution in [0.3, 0.4) is 0 Å². The molecule has 0 saturated carbocycles. The quantitative estimate of drug-likeness (QED) is 0.665. The van der Waals surface area contributed by atoms with Crippen LogP contribution in [0.2, 0.25) is 0 Å². The number of rotatable bonds is 6. The lowest BCUT2D eigenvalue weighted by molar-refractivity contribution is 0.163. The standard InChI is InChI=1S/C21H22N4OS/c1-26-15-14-25-20(19(23-21(25)27)17-10-5-6-12-22-17)18-11-7-13-24(18)16-8-3-2-4-9-16/h2-13,19-20H,14-15H2,1H3,(H,23,27). The van der Waals surface area contributed by atoms with Crippen LogP contribution in [0.25, 0.3) is 5.69 Å². The molecule has 5 nitrogen and oxygen atoms in total. The van der Waals surface area contributed by atoms with Crippen LogP contribution in [0.15, 0.2) is 73.1 Å². The Morgan fingerprint density at radius 3 is 2.63 bits per heavy atom. The summed E-state index contributed by atoms with van der Waals surface area (Å²) in [6, 6.07) is 20.6. The highest BCUT2D eigenvalue weighted by Crippen LogP contribution is 2.39. The number of nitrogens with zero attached hydrogens (tertiary/aromatic N) is 3. The summed E-state index contributed by atoms with van der Waals surface area (Å²) >= 11 is 5.66. The number of benzene rings is 1. The van der Waals surface area contributed by atoms with Crippen molar-refractivity contribution in [3.63, 3.8) is 0 Å². The van der Waals surface area contributed by atoms with E-state index in [0.717, 1.165) is 23.0 Å². The highest BCUT2D eigenvalue weighted by molar-refractivity contribution is 7.80. The van der Waals surface area contributed by atoms with Crippen molar-refractivity contribution in [3.05, 3.63) is 84.4 Å². The first-order chi connectivity index (χ1) is 13.3. The largest absolute Gasteiger partial charge is 0.383 e. The molecule has 0 radical (unpaired) electrons. The van der Waals surface area contributed by atoms with Gasteiger partial charge in [-0.3, -0.25) is 4.98 Å². The van der Waals surface area contributed by atoms with Gasteiger partial charge in [0.25, 0.3) is 0 Å². The van der Waals surface area contributed by atoms with Gasteiger partial charge in [0.15, 0.2) is 5.11 Å². The van der Waals surface area contributed by atoms with Gasteiger partial charge in [0.1, 0.15) is 0 Å². The molecule has 2 aromatic heterocycles. The van der Waals surface area contributed by atoms with Crippen LogP contribution >= 0.6 is 12.2 Å². The van der Waals surface area contributed by atoms with Gasteiger partial charge in [-0.15, -0.1) is 0 Å². The first kappa shape index (κ1) is 17.7. The van der Waals surface area contributed by atoms with E-state index >= 15 is 0 Å². The van der Waals surface area contributed by atoms with Crippen molar-refractivity contribution < 1.29 is 4.74 Å². The molecule has 1 aliphatic rings. The molecule has 0 spiro atoms. The maximum atomic E-state index is 5.66. The number of pyridine rings is 1. The van der Waals surface area contributed by atoms with Gasteiger partial charge in [-0.2, -0.15) is 0 Å². The minimum atomic E-state index is -0.0204. The minimum Gasteiger partial charge on any atom is -0.383 e. The molecule has 3 aromatic rings. The number of hydrogen-bond donors (Lipinski definition) is 1. The Labute approximate surface area is 164 Å². The molecule has 3 heterocycles. The summed E-state index contributed by atoms with van der Waals surface area (Å²) in [6.45, 7) is 1.33. The van der Waals surface area contributed by atoms with E-state index in [1.807, 2.05) is 30.5 Å².